The van der Waals surface area contributed by atoms with Gasteiger partial charge in [0.05, 0.1) is 0 Å². The molecule has 0 bridgehead atoms. The molecule has 4 rings (SSSR count). The summed E-state index contributed by atoms with van der Waals surface area (Å²) in [7, 11) is -1.75. The van der Waals surface area contributed by atoms with Crippen LogP contribution in [0.2, 0.25) is 12.6 Å². The van der Waals surface area contributed by atoms with Gasteiger partial charge in [0.2, 0.25) is 0 Å². The standard InChI is InChI=1S/C22H21Si/c1-3-23(2,17-11-5-4-6-12-17)22-20-15-9-7-13-18(20)19-14-8-10-16-21(19)22/h4-16H,3H2,1-2H3. The maximum Gasteiger partial charge on any atom is 0.100 e. The van der Waals surface area contributed by atoms with Crippen LogP contribution in [0.1, 0.15) is 18.1 Å². The van der Waals surface area contributed by atoms with E-state index in [1.54, 1.807) is 5.54 Å². The second kappa shape index (κ2) is 5.50. The first kappa shape index (κ1) is 14.5. The predicted molar refractivity (Wildman–Crippen MR) is 102 cm³/mol. The zero-order valence-corrected chi connectivity index (χ0v) is 14.7. The number of fused-ring (bicyclic) bond motifs is 3. The van der Waals surface area contributed by atoms with Gasteiger partial charge in [0.15, 0.2) is 0 Å². The van der Waals surface area contributed by atoms with Gasteiger partial charge in [-0.2, -0.15) is 0 Å². The fraction of sp³-hybridized carbons (Fsp3) is 0.136. The molecule has 0 saturated carbocycles. The Balaban J connectivity index is 1.98. The van der Waals surface area contributed by atoms with E-state index >= 15 is 0 Å². The smallest absolute Gasteiger partial charge is 0.0674 e. The van der Waals surface area contributed by atoms with Gasteiger partial charge in [-0.3, -0.25) is 0 Å². The Bertz CT molecular complexity index is 792. The largest absolute Gasteiger partial charge is 0.100 e. The first-order valence-electron chi connectivity index (χ1n) is 8.38. The minimum Gasteiger partial charge on any atom is -0.0674 e. The van der Waals surface area contributed by atoms with Crippen LogP contribution in [0.4, 0.5) is 0 Å². The molecule has 0 spiro atoms. The fourth-order valence-corrected chi connectivity index (χ4v) is 7.55. The van der Waals surface area contributed by atoms with E-state index in [1.807, 2.05) is 0 Å². The number of rotatable bonds is 3. The van der Waals surface area contributed by atoms with Crippen LogP contribution >= 0.6 is 0 Å². The summed E-state index contributed by atoms with van der Waals surface area (Å²) in [4.78, 5) is 0. The van der Waals surface area contributed by atoms with E-state index in [-0.39, 0.29) is 0 Å². The highest BCUT2D eigenvalue weighted by atomic mass is 28.3. The summed E-state index contributed by atoms with van der Waals surface area (Å²) in [6.07, 6.45) is 0. The van der Waals surface area contributed by atoms with Crippen LogP contribution in [-0.4, -0.2) is 8.07 Å². The van der Waals surface area contributed by atoms with Crippen LogP contribution in [0.3, 0.4) is 0 Å². The lowest BCUT2D eigenvalue weighted by Crippen LogP contribution is -2.50. The second-order valence-electron chi connectivity index (χ2n) is 6.52. The van der Waals surface area contributed by atoms with Crippen molar-refractivity contribution in [3.05, 3.63) is 95.5 Å². The van der Waals surface area contributed by atoms with Gasteiger partial charge in [-0.15, -0.1) is 0 Å². The predicted octanol–water partition coefficient (Wildman–Crippen LogP) is 5.18. The molecular weight excluding hydrogens is 292 g/mol. The molecule has 1 aliphatic rings. The molecular formula is C22H21Si. The summed E-state index contributed by atoms with van der Waals surface area (Å²) in [6, 6.07) is 30.2. The van der Waals surface area contributed by atoms with Crippen molar-refractivity contribution in [2.75, 3.05) is 0 Å². The van der Waals surface area contributed by atoms with Crippen LogP contribution < -0.4 is 5.19 Å². The van der Waals surface area contributed by atoms with E-state index in [0.29, 0.717) is 0 Å². The maximum absolute atomic E-state index is 2.52. The van der Waals surface area contributed by atoms with Crippen LogP contribution in [0.5, 0.6) is 0 Å². The average Bonchev–Trinajstić information content (AvgIpc) is 2.97. The van der Waals surface area contributed by atoms with Gasteiger partial charge in [-0.05, 0) is 22.3 Å². The van der Waals surface area contributed by atoms with Crippen molar-refractivity contribution in [1.29, 1.82) is 0 Å². The minimum atomic E-state index is -1.75. The van der Waals surface area contributed by atoms with Crippen LogP contribution in [0.25, 0.3) is 11.1 Å². The molecule has 1 aliphatic carbocycles. The third-order valence-corrected chi connectivity index (χ3v) is 10.0. The van der Waals surface area contributed by atoms with E-state index in [9.17, 15) is 0 Å². The van der Waals surface area contributed by atoms with Crippen molar-refractivity contribution in [2.24, 2.45) is 0 Å². The zero-order chi connectivity index (χ0) is 15.9. The lowest BCUT2D eigenvalue weighted by atomic mass is 10.1. The lowest BCUT2D eigenvalue weighted by Gasteiger charge is -2.34. The van der Waals surface area contributed by atoms with Crippen LogP contribution in [-0.2, 0) is 0 Å². The molecule has 0 N–H and O–H groups in total. The fourth-order valence-electron chi connectivity index (χ4n) is 3.94. The topological polar surface area (TPSA) is 0 Å². The van der Waals surface area contributed by atoms with Crippen molar-refractivity contribution < 1.29 is 0 Å². The van der Waals surface area contributed by atoms with E-state index in [4.69, 9.17) is 0 Å². The molecule has 0 fully saturated rings. The molecule has 0 nitrogen and oxygen atoms in total. The van der Waals surface area contributed by atoms with E-state index < -0.39 is 8.07 Å². The van der Waals surface area contributed by atoms with Gasteiger partial charge in [0.1, 0.15) is 8.07 Å². The Morgan fingerprint density at radius 2 is 1.04 bits per heavy atom. The summed E-state index contributed by atoms with van der Waals surface area (Å²) >= 11 is 0. The average molecular weight is 313 g/mol. The molecule has 0 saturated heterocycles. The van der Waals surface area contributed by atoms with Crippen LogP contribution in [0.15, 0.2) is 78.9 Å². The Labute approximate surface area is 139 Å². The Hall–Kier alpha value is -2.12. The van der Waals surface area contributed by atoms with E-state index in [2.05, 4.69) is 92.3 Å². The molecule has 3 aromatic carbocycles. The molecule has 1 atom stereocenters. The first-order valence-corrected chi connectivity index (χ1v) is 11.1. The number of benzene rings is 3. The highest BCUT2D eigenvalue weighted by Gasteiger charge is 2.44. The summed E-state index contributed by atoms with van der Waals surface area (Å²) in [5, 5.41) is 1.53. The molecule has 1 radical (unpaired) electrons. The second-order valence-corrected chi connectivity index (χ2v) is 11.0. The summed E-state index contributed by atoms with van der Waals surface area (Å²) in [5.41, 5.74) is 7.32. The highest BCUT2D eigenvalue weighted by Crippen LogP contribution is 2.48. The molecule has 3 aromatic rings. The molecule has 0 aromatic heterocycles. The van der Waals surface area contributed by atoms with Gasteiger partial charge in [-0.25, -0.2) is 0 Å². The summed E-state index contributed by atoms with van der Waals surface area (Å²) in [6.45, 7) is 4.88. The van der Waals surface area contributed by atoms with Crippen molar-refractivity contribution in [1.82, 2.24) is 0 Å². The molecule has 1 heteroatoms. The third-order valence-electron chi connectivity index (χ3n) is 5.35. The van der Waals surface area contributed by atoms with Crippen molar-refractivity contribution >= 4 is 13.3 Å². The zero-order valence-electron chi connectivity index (χ0n) is 13.7. The highest BCUT2D eigenvalue weighted by molar-refractivity contribution is 6.96. The van der Waals surface area contributed by atoms with Gasteiger partial charge in [0.25, 0.3) is 0 Å². The van der Waals surface area contributed by atoms with Gasteiger partial charge >= 0.3 is 0 Å². The molecule has 23 heavy (non-hydrogen) atoms. The third kappa shape index (κ3) is 2.11. The van der Waals surface area contributed by atoms with Crippen molar-refractivity contribution in [3.8, 4) is 11.1 Å². The number of hydrogen-bond donors (Lipinski definition) is 0. The first-order chi connectivity index (χ1) is 11.3. The van der Waals surface area contributed by atoms with Gasteiger partial charge in [-0.1, -0.05) is 104 Å². The van der Waals surface area contributed by atoms with Crippen molar-refractivity contribution in [2.45, 2.75) is 19.5 Å². The Morgan fingerprint density at radius 1 is 0.609 bits per heavy atom. The lowest BCUT2D eigenvalue weighted by molar-refractivity contribution is 1.30. The van der Waals surface area contributed by atoms with Gasteiger partial charge in [0, 0.05) is 5.54 Å². The summed E-state index contributed by atoms with van der Waals surface area (Å²) < 4.78 is 0. The van der Waals surface area contributed by atoms with E-state index in [0.717, 1.165) is 0 Å². The monoisotopic (exact) mass is 313 g/mol. The van der Waals surface area contributed by atoms with Crippen molar-refractivity contribution in [3.63, 3.8) is 0 Å². The quantitative estimate of drug-likeness (QED) is 0.584. The number of hydrogen-bond acceptors (Lipinski definition) is 0. The molecule has 0 amide bonds. The Kier molecular flexibility index (Phi) is 3.46. The normalized spacial score (nSPS) is 15.7. The molecule has 0 aliphatic heterocycles. The molecule has 1 unspecified atom stereocenters. The molecule has 113 valence electrons. The van der Waals surface area contributed by atoms with E-state index in [1.165, 1.54) is 33.5 Å². The summed E-state index contributed by atoms with van der Waals surface area (Å²) in [5.74, 6) is 0. The Morgan fingerprint density at radius 3 is 1.52 bits per heavy atom. The maximum atomic E-state index is 2.52. The SMILES string of the molecule is CC[Si](C)([C]1c2ccccc2-c2ccccc21)c1ccccc1. The van der Waals surface area contributed by atoms with Gasteiger partial charge < -0.3 is 0 Å². The molecule has 0 heterocycles. The minimum absolute atomic E-state index is 1.22. The van der Waals surface area contributed by atoms with Crippen LogP contribution in [0, 0.1) is 5.54 Å².